The molecule has 0 amide bonds. The predicted octanol–water partition coefficient (Wildman–Crippen LogP) is 1.75. The van der Waals surface area contributed by atoms with E-state index in [1.54, 1.807) is 7.05 Å². The molecule has 0 radical (unpaired) electrons. The number of hydrogen-bond acceptors (Lipinski definition) is 3. The van der Waals surface area contributed by atoms with Crippen LogP contribution in [0.1, 0.15) is 12.8 Å². The Bertz CT molecular complexity index is 804. The number of aliphatic imine (C=N–C) groups is 1. The maximum absolute atomic E-state index is 11.0. The van der Waals surface area contributed by atoms with Gasteiger partial charge in [0.05, 0.1) is 6.26 Å². The van der Waals surface area contributed by atoms with Crippen molar-refractivity contribution in [1.82, 2.24) is 19.9 Å². The first-order valence-corrected chi connectivity index (χ1v) is 10.3. The van der Waals surface area contributed by atoms with Gasteiger partial charge >= 0.3 is 0 Å². The van der Waals surface area contributed by atoms with Crippen molar-refractivity contribution in [2.45, 2.75) is 19.4 Å². The van der Waals surface area contributed by atoms with E-state index in [4.69, 9.17) is 0 Å². The average molecular weight is 493 g/mol. The topological polar surface area (TPSA) is 87.5 Å². The molecular formula is C17H28IN5O2S. The fourth-order valence-electron chi connectivity index (χ4n) is 2.57. The first kappa shape index (κ1) is 22.7. The highest BCUT2D eigenvalue weighted by Crippen LogP contribution is 2.15. The van der Waals surface area contributed by atoms with Crippen LogP contribution in [0, 0.1) is 0 Å². The Morgan fingerprint density at radius 3 is 2.46 bits per heavy atom. The molecule has 0 unspecified atom stereocenters. The number of sulfonamides is 1. The van der Waals surface area contributed by atoms with Crippen molar-refractivity contribution in [2.24, 2.45) is 4.99 Å². The standard InChI is InChI=1S/C17H27N5O2S.HI/c1-18-17(19-10-5-12-21-25(2,23)24)20-11-6-13-22-14-9-15-7-3-4-8-16(15)22;/h3-4,7-9,14,21H,5-6,10-13H2,1-2H3,(H2,18,19,20);1H. The molecule has 146 valence electrons. The lowest BCUT2D eigenvalue weighted by Crippen LogP contribution is -2.39. The first-order chi connectivity index (χ1) is 12.0. The van der Waals surface area contributed by atoms with Crippen LogP contribution in [0.2, 0.25) is 0 Å². The number of guanidine groups is 1. The van der Waals surface area contributed by atoms with E-state index in [0.717, 1.165) is 31.7 Å². The number of benzene rings is 1. The molecule has 0 aliphatic carbocycles. The smallest absolute Gasteiger partial charge is 0.208 e. The van der Waals surface area contributed by atoms with E-state index in [1.165, 1.54) is 10.9 Å². The van der Waals surface area contributed by atoms with Crippen molar-refractivity contribution in [3.63, 3.8) is 0 Å². The molecule has 0 aliphatic rings. The van der Waals surface area contributed by atoms with Crippen molar-refractivity contribution in [3.8, 4) is 0 Å². The molecule has 26 heavy (non-hydrogen) atoms. The molecule has 3 N–H and O–H groups in total. The first-order valence-electron chi connectivity index (χ1n) is 8.42. The summed E-state index contributed by atoms with van der Waals surface area (Å²) in [6, 6.07) is 10.5. The Morgan fingerprint density at radius 2 is 1.77 bits per heavy atom. The molecular weight excluding hydrogens is 465 g/mol. The number of hydrogen-bond donors (Lipinski definition) is 3. The summed E-state index contributed by atoms with van der Waals surface area (Å²) in [7, 11) is -1.39. The number of aryl methyl sites for hydroxylation is 1. The summed E-state index contributed by atoms with van der Waals surface area (Å²) < 4.78 is 26.7. The van der Waals surface area contributed by atoms with Crippen LogP contribution in [-0.2, 0) is 16.6 Å². The van der Waals surface area contributed by atoms with E-state index >= 15 is 0 Å². The molecule has 2 aromatic rings. The molecule has 1 aromatic heterocycles. The Hall–Kier alpha value is -1.33. The molecule has 0 spiro atoms. The highest BCUT2D eigenvalue weighted by molar-refractivity contribution is 14.0. The van der Waals surface area contributed by atoms with Crippen LogP contribution >= 0.6 is 24.0 Å². The highest BCUT2D eigenvalue weighted by atomic mass is 127. The zero-order valence-electron chi connectivity index (χ0n) is 15.2. The van der Waals surface area contributed by atoms with Gasteiger partial charge < -0.3 is 15.2 Å². The van der Waals surface area contributed by atoms with E-state index in [9.17, 15) is 8.42 Å². The molecule has 0 fully saturated rings. The third kappa shape index (κ3) is 7.92. The van der Waals surface area contributed by atoms with Crippen molar-refractivity contribution in [3.05, 3.63) is 36.5 Å². The molecule has 2 rings (SSSR count). The van der Waals surface area contributed by atoms with Crippen molar-refractivity contribution < 1.29 is 8.42 Å². The number of fused-ring (bicyclic) bond motifs is 1. The molecule has 1 heterocycles. The van der Waals surface area contributed by atoms with Gasteiger partial charge in [0.1, 0.15) is 0 Å². The fourth-order valence-corrected chi connectivity index (χ4v) is 3.08. The molecule has 1 aromatic carbocycles. The molecule has 0 saturated heterocycles. The van der Waals surface area contributed by atoms with E-state index in [2.05, 4.69) is 61.4 Å². The van der Waals surface area contributed by atoms with Crippen molar-refractivity contribution >= 4 is 50.9 Å². The van der Waals surface area contributed by atoms with Crippen molar-refractivity contribution in [1.29, 1.82) is 0 Å². The minimum Gasteiger partial charge on any atom is -0.356 e. The maximum atomic E-state index is 11.0. The van der Waals surface area contributed by atoms with Gasteiger partial charge in [-0.1, -0.05) is 18.2 Å². The Labute approximate surface area is 172 Å². The quantitative estimate of drug-likeness (QED) is 0.215. The predicted molar refractivity (Wildman–Crippen MR) is 119 cm³/mol. The maximum Gasteiger partial charge on any atom is 0.208 e. The number of nitrogens with zero attached hydrogens (tertiary/aromatic N) is 2. The number of nitrogens with one attached hydrogen (secondary N) is 3. The van der Waals surface area contributed by atoms with Crippen LogP contribution < -0.4 is 15.4 Å². The average Bonchev–Trinajstić information content (AvgIpc) is 2.98. The van der Waals surface area contributed by atoms with Gasteiger partial charge in [-0.05, 0) is 30.4 Å². The number of rotatable bonds is 9. The van der Waals surface area contributed by atoms with Gasteiger partial charge in [0.2, 0.25) is 10.0 Å². The number of halogens is 1. The second-order valence-corrected chi connectivity index (χ2v) is 7.70. The summed E-state index contributed by atoms with van der Waals surface area (Å²) in [5, 5.41) is 7.71. The normalized spacial score (nSPS) is 12.0. The molecule has 0 bridgehead atoms. The van der Waals surface area contributed by atoms with Crippen LogP contribution in [0.15, 0.2) is 41.5 Å². The number of aromatic nitrogens is 1. The van der Waals surface area contributed by atoms with E-state index in [-0.39, 0.29) is 24.0 Å². The zero-order chi connectivity index (χ0) is 18.1. The van der Waals surface area contributed by atoms with Crippen LogP contribution in [-0.4, -0.2) is 51.9 Å². The SMILES string of the molecule is CN=C(NCCCNS(C)(=O)=O)NCCCn1ccc2ccccc21.I. The van der Waals surface area contributed by atoms with E-state index < -0.39 is 10.0 Å². The molecule has 0 saturated carbocycles. The summed E-state index contributed by atoms with van der Waals surface area (Å²) in [6.07, 6.45) is 4.96. The Kier molecular flexibility index (Phi) is 9.96. The van der Waals surface area contributed by atoms with E-state index in [1.807, 2.05) is 0 Å². The molecule has 7 nitrogen and oxygen atoms in total. The third-order valence-electron chi connectivity index (χ3n) is 3.78. The van der Waals surface area contributed by atoms with Gasteiger partial charge in [0.15, 0.2) is 5.96 Å². The third-order valence-corrected chi connectivity index (χ3v) is 4.51. The fraction of sp³-hybridized carbons (Fsp3) is 0.471. The van der Waals surface area contributed by atoms with Gasteiger partial charge in [0, 0.05) is 44.9 Å². The second kappa shape index (κ2) is 11.4. The Morgan fingerprint density at radius 1 is 1.08 bits per heavy atom. The molecule has 0 aliphatic heterocycles. The van der Waals surface area contributed by atoms with Gasteiger partial charge in [-0.3, -0.25) is 4.99 Å². The summed E-state index contributed by atoms with van der Waals surface area (Å²) in [4.78, 5) is 4.17. The summed E-state index contributed by atoms with van der Waals surface area (Å²) >= 11 is 0. The molecule has 0 atom stereocenters. The van der Waals surface area contributed by atoms with Crippen molar-refractivity contribution in [2.75, 3.05) is 32.9 Å². The van der Waals surface area contributed by atoms with Crippen LogP contribution in [0.5, 0.6) is 0 Å². The second-order valence-electron chi connectivity index (χ2n) is 5.87. The van der Waals surface area contributed by atoms with Gasteiger partial charge in [-0.15, -0.1) is 24.0 Å². The minimum atomic E-state index is -3.11. The molecule has 9 heteroatoms. The van der Waals surface area contributed by atoms with Crippen LogP contribution in [0.3, 0.4) is 0 Å². The van der Waals surface area contributed by atoms with E-state index in [0.29, 0.717) is 19.5 Å². The van der Waals surface area contributed by atoms with Gasteiger partial charge in [0.25, 0.3) is 0 Å². The van der Waals surface area contributed by atoms with Gasteiger partial charge in [-0.25, -0.2) is 13.1 Å². The van der Waals surface area contributed by atoms with Gasteiger partial charge in [-0.2, -0.15) is 0 Å². The lowest BCUT2D eigenvalue weighted by molar-refractivity contribution is 0.584. The summed E-state index contributed by atoms with van der Waals surface area (Å²) in [6.45, 7) is 2.83. The highest BCUT2D eigenvalue weighted by Gasteiger charge is 2.02. The summed E-state index contributed by atoms with van der Waals surface area (Å²) in [5.74, 6) is 0.733. The number of para-hydroxylation sites is 1. The summed E-state index contributed by atoms with van der Waals surface area (Å²) in [5.41, 5.74) is 1.25. The lowest BCUT2D eigenvalue weighted by Gasteiger charge is -2.12. The monoisotopic (exact) mass is 493 g/mol. The zero-order valence-corrected chi connectivity index (χ0v) is 18.4. The van der Waals surface area contributed by atoms with Crippen LogP contribution in [0.4, 0.5) is 0 Å². The largest absolute Gasteiger partial charge is 0.356 e. The van der Waals surface area contributed by atoms with Crippen LogP contribution in [0.25, 0.3) is 10.9 Å². The minimum absolute atomic E-state index is 0. The Balaban J connectivity index is 0.00000338. The lowest BCUT2D eigenvalue weighted by atomic mass is 10.2.